The first-order valence-electron chi connectivity index (χ1n) is 10.3. The second kappa shape index (κ2) is 7.83. The van der Waals surface area contributed by atoms with E-state index in [1.54, 1.807) is 0 Å². The molecule has 1 saturated heterocycles. The molecule has 1 aliphatic carbocycles. The Morgan fingerprint density at radius 2 is 1.77 bits per heavy atom. The molecule has 0 bridgehead atoms. The highest BCUT2D eigenvalue weighted by atomic mass is 15.3. The van der Waals surface area contributed by atoms with Gasteiger partial charge in [0, 0.05) is 31.0 Å². The van der Waals surface area contributed by atoms with Gasteiger partial charge >= 0.3 is 0 Å². The number of anilines is 1. The molecule has 0 unspecified atom stereocenters. The van der Waals surface area contributed by atoms with Gasteiger partial charge in [-0.3, -0.25) is 0 Å². The normalized spacial score (nSPS) is 26.8. The van der Waals surface area contributed by atoms with Crippen molar-refractivity contribution in [3.8, 4) is 5.69 Å². The zero-order valence-electron chi connectivity index (χ0n) is 16.0. The molecule has 4 rings (SSSR count). The number of benzene rings is 1. The first-order valence-corrected chi connectivity index (χ1v) is 10.3. The van der Waals surface area contributed by atoms with Crippen molar-refractivity contribution in [3.63, 3.8) is 0 Å². The minimum absolute atomic E-state index is 0.441. The Balaban J connectivity index is 1.39. The van der Waals surface area contributed by atoms with Crippen molar-refractivity contribution in [2.75, 3.05) is 18.0 Å². The summed E-state index contributed by atoms with van der Waals surface area (Å²) in [6.45, 7) is 4.38. The van der Waals surface area contributed by atoms with Crippen LogP contribution in [0.4, 0.5) is 5.69 Å². The molecule has 0 amide bonds. The molecule has 0 spiro atoms. The van der Waals surface area contributed by atoms with Gasteiger partial charge in [-0.25, -0.2) is 4.68 Å². The van der Waals surface area contributed by atoms with E-state index in [-0.39, 0.29) is 0 Å². The van der Waals surface area contributed by atoms with Gasteiger partial charge in [0.15, 0.2) is 0 Å². The van der Waals surface area contributed by atoms with Gasteiger partial charge in [0.1, 0.15) is 0 Å². The van der Waals surface area contributed by atoms with Crippen molar-refractivity contribution < 1.29 is 0 Å². The lowest BCUT2D eigenvalue weighted by Gasteiger charge is -2.38. The fourth-order valence-corrected chi connectivity index (χ4v) is 4.82. The minimum Gasteiger partial charge on any atom is -0.371 e. The highest BCUT2D eigenvalue weighted by Crippen LogP contribution is 2.33. The van der Waals surface area contributed by atoms with Gasteiger partial charge in [0.05, 0.1) is 11.4 Å². The molecule has 26 heavy (non-hydrogen) atoms. The maximum Gasteiger partial charge on any atom is 0.0647 e. The van der Waals surface area contributed by atoms with Crippen LogP contribution in [0, 0.1) is 18.8 Å². The van der Waals surface area contributed by atoms with Crippen molar-refractivity contribution >= 4 is 5.69 Å². The van der Waals surface area contributed by atoms with Gasteiger partial charge in [-0.1, -0.05) is 12.8 Å². The maximum atomic E-state index is 6.39. The topological polar surface area (TPSA) is 47.1 Å². The van der Waals surface area contributed by atoms with Gasteiger partial charge in [-0.2, -0.15) is 5.10 Å². The standard InChI is InChI=1S/C22H32N4/c1-17-12-14-26(24-17)21-10-8-20(9-11-21)25-13-4-5-18(16-25)15-19-6-2-3-7-22(19)23/h8-12,14,18-19,22H,2-7,13,15-16,23H2,1H3/t18-,19+,22-/m1/s1. The van der Waals surface area contributed by atoms with E-state index < -0.39 is 0 Å². The summed E-state index contributed by atoms with van der Waals surface area (Å²) in [7, 11) is 0. The summed E-state index contributed by atoms with van der Waals surface area (Å²) >= 11 is 0. The smallest absolute Gasteiger partial charge is 0.0647 e. The summed E-state index contributed by atoms with van der Waals surface area (Å²) in [6, 6.07) is 11.3. The molecule has 1 aromatic carbocycles. The summed E-state index contributed by atoms with van der Waals surface area (Å²) < 4.78 is 1.95. The number of hydrogen-bond acceptors (Lipinski definition) is 3. The minimum atomic E-state index is 0.441. The zero-order valence-corrected chi connectivity index (χ0v) is 16.0. The van der Waals surface area contributed by atoms with Crippen LogP contribution in [0.15, 0.2) is 36.5 Å². The molecule has 3 atom stereocenters. The van der Waals surface area contributed by atoms with Crippen LogP contribution in [0.5, 0.6) is 0 Å². The highest BCUT2D eigenvalue weighted by molar-refractivity contribution is 5.51. The average molecular weight is 353 g/mol. The number of aryl methyl sites for hydroxylation is 1. The molecule has 4 heteroatoms. The van der Waals surface area contributed by atoms with Crippen molar-refractivity contribution in [3.05, 3.63) is 42.2 Å². The lowest BCUT2D eigenvalue weighted by Crippen LogP contribution is -2.39. The monoisotopic (exact) mass is 352 g/mol. The van der Waals surface area contributed by atoms with E-state index in [1.807, 2.05) is 23.9 Å². The second-order valence-corrected chi connectivity index (χ2v) is 8.32. The number of hydrogen-bond donors (Lipinski definition) is 1. The van der Waals surface area contributed by atoms with Crippen LogP contribution in [0.25, 0.3) is 5.69 Å². The van der Waals surface area contributed by atoms with Gasteiger partial charge in [-0.15, -0.1) is 0 Å². The van der Waals surface area contributed by atoms with Gasteiger partial charge < -0.3 is 10.6 Å². The van der Waals surface area contributed by atoms with Gasteiger partial charge in [0.2, 0.25) is 0 Å². The van der Waals surface area contributed by atoms with Gasteiger partial charge in [-0.05, 0) is 81.2 Å². The third-order valence-corrected chi connectivity index (χ3v) is 6.32. The first-order chi connectivity index (χ1) is 12.7. The third-order valence-electron chi connectivity index (χ3n) is 6.32. The second-order valence-electron chi connectivity index (χ2n) is 8.32. The summed E-state index contributed by atoms with van der Waals surface area (Å²) in [5.74, 6) is 1.55. The molecule has 1 saturated carbocycles. The van der Waals surface area contributed by atoms with E-state index >= 15 is 0 Å². The van der Waals surface area contributed by atoms with E-state index in [2.05, 4.69) is 34.3 Å². The molecule has 1 aromatic heterocycles. The highest BCUT2D eigenvalue weighted by Gasteiger charge is 2.28. The lowest BCUT2D eigenvalue weighted by molar-refractivity contribution is 0.237. The van der Waals surface area contributed by atoms with E-state index in [1.165, 1.54) is 63.7 Å². The van der Waals surface area contributed by atoms with E-state index in [9.17, 15) is 0 Å². The molecule has 2 aliphatic rings. The Bertz CT molecular complexity index is 705. The van der Waals surface area contributed by atoms with Gasteiger partial charge in [0.25, 0.3) is 0 Å². The van der Waals surface area contributed by atoms with Crippen LogP contribution in [0.3, 0.4) is 0 Å². The maximum absolute atomic E-state index is 6.39. The number of nitrogens with zero attached hydrogens (tertiary/aromatic N) is 3. The summed E-state index contributed by atoms with van der Waals surface area (Å²) in [4.78, 5) is 2.57. The predicted molar refractivity (Wildman–Crippen MR) is 108 cm³/mol. The van der Waals surface area contributed by atoms with Crippen molar-refractivity contribution in [1.82, 2.24) is 9.78 Å². The van der Waals surface area contributed by atoms with E-state index in [4.69, 9.17) is 5.73 Å². The fraction of sp³-hybridized carbons (Fsp3) is 0.591. The van der Waals surface area contributed by atoms with Crippen LogP contribution in [0.1, 0.15) is 50.6 Å². The van der Waals surface area contributed by atoms with Crippen LogP contribution >= 0.6 is 0 Å². The Labute approximate surface area is 157 Å². The van der Waals surface area contributed by atoms with Crippen LogP contribution < -0.4 is 10.6 Å². The molecule has 2 fully saturated rings. The molecule has 2 heterocycles. The molecule has 140 valence electrons. The fourth-order valence-electron chi connectivity index (χ4n) is 4.82. The lowest BCUT2D eigenvalue weighted by atomic mass is 9.77. The Kier molecular flexibility index (Phi) is 5.30. The van der Waals surface area contributed by atoms with Crippen LogP contribution in [0.2, 0.25) is 0 Å². The predicted octanol–water partition coefficient (Wildman–Crippen LogP) is 4.30. The van der Waals surface area contributed by atoms with E-state index in [0.717, 1.165) is 23.2 Å². The SMILES string of the molecule is Cc1ccn(-c2ccc(N3CCC[C@H](C[C@@H]4CCCC[C@H]4N)C3)cc2)n1. The van der Waals surface area contributed by atoms with Crippen LogP contribution in [-0.2, 0) is 0 Å². The summed E-state index contributed by atoms with van der Waals surface area (Å²) in [5.41, 5.74) is 9.91. The van der Waals surface area contributed by atoms with Crippen molar-refractivity contribution in [2.24, 2.45) is 17.6 Å². The zero-order chi connectivity index (χ0) is 17.9. The molecular weight excluding hydrogens is 320 g/mol. The largest absolute Gasteiger partial charge is 0.371 e. The first kappa shape index (κ1) is 17.6. The molecular formula is C22H32N4. The Morgan fingerprint density at radius 3 is 2.50 bits per heavy atom. The number of nitrogens with two attached hydrogens (primary N) is 1. The van der Waals surface area contributed by atoms with Crippen molar-refractivity contribution in [1.29, 1.82) is 0 Å². The quantitative estimate of drug-likeness (QED) is 0.892. The Morgan fingerprint density at radius 1 is 1.00 bits per heavy atom. The van der Waals surface area contributed by atoms with Crippen LogP contribution in [-0.4, -0.2) is 28.9 Å². The number of rotatable bonds is 4. The Hall–Kier alpha value is -1.81. The molecule has 1 aliphatic heterocycles. The molecule has 0 radical (unpaired) electrons. The summed E-state index contributed by atoms with van der Waals surface area (Å²) in [6.07, 6.45) is 11.3. The molecule has 2 N–H and O–H groups in total. The third kappa shape index (κ3) is 3.96. The van der Waals surface area contributed by atoms with Crippen molar-refractivity contribution in [2.45, 2.75) is 57.9 Å². The number of aromatic nitrogens is 2. The average Bonchev–Trinajstić information content (AvgIpc) is 3.10. The molecule has 2 aromatic rings. The molecule has 4 nitrogen and oxygen atoms in total. The number of piperidine rings is 1. The summed E-state index contributed by atoms with van der Waals surface area (Å²) in [5, 5.41) is 4.50. The van der Waals surface area contributed by atoms with E-state index in [0.29, 0.717) is 6.04 Å².